The SMILES string of the molecule is Cc1nc(-c2ccccn2)sc1C(=O)N1CCN(C(=O)Cc2c[nH]c3ccccc23)CC1. The number of benzene rings is 1. The van der Waals surface area contributed by atoms with Crippen LogP contribution in [0.4, 0.5) is 0 Å². The number of piperazine rings is 1. The molecule has 0 radical (unpaired) electrons. The van der Waals surface area contributed by atoms with Crippen molar-refractivity contribution >= 4 is 34.1 Å². The van der Waals surface area contributed by atoms with Crippen molar-refractivity contribution in [1.29, 1.82) is 0 Å². The first-order chi connectivity index (χ1) is 15.6. The van der Waals surface area contributed by atoms with Crippen LogP contribution in [-0.4, -0.2) is 62.7 Å². The van der Waals surface area contributed by atoms with E-state index in [9.17, 15) is 9.59 Å². The summed E-state index contributed by atoms with van der Waals surface area (Å²) in [7, 11) is 0. The zero-order valence-corrected chi connectivity index (χ0v) is 18.6. The third-order valence-corrected chi connectivity index (χ3v) is 6.98. The number of rotatable bonds is 4. The molecule has 1 aliphatic heterocycles. The van der Waals surface area contributed by atoms with Crippen LogP contribution in [0.15, 0.2) is 54.9 Å². The molecule has 4 aromatic rings. The van der Waals surface area contributed by atoms with Gasteiger partial charge >= 0.3 is 0 Å². The average Bonchev–Trinajstić information content (AvgIpc) is 3.43. The fourth-order valence-electron chi connectivity index (χ4n) is 4.05. The van der Waals surface area contributed by atoms with E-state index in [-0.39, 0.29) is 11.8 Å². The number of nitrogens with one attached hydrogen (secondary N) is 1. The number of hydrogen-bond acceptors (Lipinski definition) is 5. The predicted octanol–water partition coefficient (Wildman–Crippen LogP) is 3.52. The Labute approximate surface area is 189 Å². The summed E-state index contributed by atoms with van der Waals surface area (Å²) in [4.78, 5) is 42.4. The molecule has 0 bridgehead atoms. The lowest BCUT2D eigenvalue weighted by Gasteiger charge is -2.34. The highest BCUT2D eigenvalue weighted by Gasteiger charge is 2.28. The highest BCUT2D eigenvalue weighted by molar-refractivity contribution is 7.17. The van der Waals surface area contributed by atoms with E-state index in [2.05, 4.69) is 15.0 Å². The molecule has 0 aliphatic carbocycles. The lowest BCUT2D eigenvalue weighted by molar-refractivity contribution is -0.131. The summed E-state index contributed by atoms with van der Waals surface area (Å²) >= 11 is 1.38. The molecule has 162 valence electrons. The summed E-state index contributed by atoms with van der Waals surface area (Å²) in [5.74, 6) is 0.0687. The van der Waals surface area contributed by atoms with E-state index in [0.717, 1.165) is 32.9 Å². The normalized spacial score (nSPS) is 14.2. The first kappa shape index (κ1) is 20.4. The van der Waals surface area contributed by atoms with Crippen molar-refractivity contribution in [1.82, 2.24) is 24.8 Å². The Hall–Kier alpha value is -3.52. The minimum Gasteiger partial charge on any atom is -0.361 e. The quantitative estimate of drug-likeness (QED) is 0.521. The van der Waals surface area contributed by atoms with Crippen LogP contribution < -0.4 is 0 Å². The number of aromatic nitrogens is 3. The van der Waals surface area contributed by atoms with Gasteiger partial charge in [0.2, 0.25) is 5.91 Å². The Kier molecular flexibility index (Phi) is 5.45. The Morgan fingerprint density at radius 3 is 2.56 bits per heavy atom. The molecular weight excluding hydrogens is 422 g/mol. The zero-order chi connectivity index (χ0) is 22.1. The maximum atomic E-state index is 13.1. The van der Waals surface area contributed by atoms with Gasteiger partial charge in [-0.25, -0.2) is 4.98 Å². The van der Waals surface area contributed by atoms with Gasteiger partial charge in [-0.3, -0.25) is 14.6 Å². The second-order valence-corrected chi connectivity index (χ2v) is 8.86. The smallest absolute Gasteiger partial charge is 0.265 e. The summed E-state index contributed by atoms with van der Waals surface area (Å²) < 4.78 is 0. The second-order valence-electron chi connectivity index (χ2n) is 7.86. The third-order valence-electron chi connectivity index (χ3n) is 5.81. The number of amides is 2. The molecule has 8 heteroatoms. The first-order valence-corrected chi connectivity index (χ1v) is 11.4. The highest BCUT2D eigenvalue weighted by atomic mass is 32.1. The molecule has 4 heterocycles. The Morgan fingerprint density at radius 2 is 1.78 bits per heavy atom. The summed E-state index contributed by atoms with van der Waals surface area (Å²) in [5.41, 5.74) is 3.54. The van der Waals surface area contributed by atoms with Crippen LogP contribution in [0.3, 0.4) is 0 Å². The van der Waals surface area contributed by atoms with E-state index >= 15 is 0 Å². The van der Waals surface area contributed by atoms with E-state index in [1.807, 2.05) is 65.4 Å². The molecule has 0 saturated carbocycles. The zero-order valence-electron chi connectivity index (χ0n) is 17.7. The number of nitrogens with zero attached hydrogens (tertiary/aromatic N) is 4. The Balaban J connectivity index is 1.22. The van der Waals surface area contributed by atoms with Gasteiger partial charge in [0.25, 0.3) is 5.91 Å². The van der Waals surface area contributed by atoms with E-state index in [4.69, 9.17) is 0 Å². The summed E-state index contributed by atoms with van der Waals surface area (Å²) in [6.45, 7) is 3.98. The topological polar surface area (TPSA) is 82.2 Å². The predicted molar refractivity (Wildman–Crippen MR) is 125 cm³/mol. The van der Waals surface area contributed by atoms with Gasteiger partial charge in [-0.15, -0.1) is 11.3 Å². The van der Waals surface area contributed by atoms with Crippen LogP contribution in [-0.2, 0) is 11.2 Å². The molecule has 1 fully saturated rings. The molecule has 1 aliphatic rings. The summed E-state index contributed by atoms with van der Waals surface area (Å²) in [5, 5.41) is 1.83. The minimum atomic E-state index is -0.0223. The average molecular weight is 446 g/mol. The lowest BCUT2D eigenvalue weighted by Crippen LogP contribution is -2.51. The largest absolute Gasteiger partial charge is 0.361 e. The molecule has 0 atom stereocenters. The number of thiazole rings is 1. The van der Waals surface area contributed by atoms with Gasteiger partial charge in [0.1, 0.15) is 9.88 Å². The van der Waals surface area contributed by atoms with Gasteiger partial charge in [-0.2, -0.15) is 0 Å². The maximum absolute atomic E-state index is 13.1. The number of aromatic amines is 1. The molecule has 3 aromatic heterocycles. The number of carbonyl (C=O) groups is 2. The molecule has 1 saturated heterocycles. The summed E-state index contributed by atoms with van der Waals surface area (Å²) in [6.07, 6.45) is 3.99. The molecule has 32 heavy (non-hydrogen) atoms. The highest BCUT2D eigenvalue weighted by Crippen LogP contribution is 2.28. The van der Waals surface area contributed by atoms with Gasteiger partial charge in [-0.1, -0.05) is 24.3 Å². The van der Waals surface area contributed by atoms with Crippen LogP contribution in [0, 0.1) is 6.92 Å². The van der Waals surface area contributed by atoms with Crippen molar-refractivity contribution < 1.29 is 9.59 Å². The molecular formula is C24H23N5O2S. The summed E-state index contributed by atoms with van der Waals surface area (Å²) in [6, 6.07) is 13.7. The van der Waals surface area contributed by atoms with Crippen LogP contribution in [0.5, 0.6) is 0 Å². The van der Waals surface area contributed by atoms with Crippen molar-refractivity contribution in [2.45, 2.75) is 13.3 Å². The fourth-order valence-corrected chi connectivity index (χ4v) is 5.06. The molecule has 0 unspecified atom stereocenters. The molecule has 1 N–H and O–H groups in total. The van der Waals surface area contributed by atoms with E-state index < -0.39 is 0 Å². The second kappa shape index (κ2) is 8.55. The van der Waals surface area contributed by atoms with Crippen LogP contribution in [0.1, 0.15) is 20.9 Å². The Bertz CT molecular complexity index is 1270. The van der Waals surface area contributed by atoms with Gasteiger partial charge in [-0.05, 0) is 30.7 Å². The number of carbonyl (C=O) groups excluding carboxylic acids is 2. The van der Waals surface area contributed by atoms with Crippen molar-refractivity contribution in [2.75, 3.05) is 26.2 Å². The molecule has 2 amide bonds. The number of para-hydroxylation sites is 1. The minimum absolute atomic E-state index is 0.0223. The van der Waals surface area contributed by atoms with E-state index in [1.165, 1.54) is 11.3 Å². The number of H-pyrrole nitrogens is 1. The van der Waals surface area contributed by atoms with Crippen LogP contribution >= 0.6 is 11.3 Å². The van der Waals surface area contributed by atoms with Gasteiger partial charge < -0.3 is 14.8 Å². The van der Waals surface area contributed by atoms with Crippen molar-refractivity contribution in [3.8, 4) is 10.7 Å². The van der Waals surface area contributed by atoms with Crippen LogP contribution in [0.25, 0.3) is 21.6 Å². The van der Waals surface area contributed by atoms with Gasteiger partial charge in [0, 0.05) is 49.5 Å². The number of pyridine rings is 1. The molecule has 7 nitrogen and oxygen atoms in total. The standard InChI is InChI=1S/C24H23N5O2S/c1-16-22(32-23(27-16)20-8-4-5-9-25-20)24(31)29-12-10-28(11-13-29)21(30)14-17-15-26-19-7-3-2-6-18(17)19/h2-9,15,26H,10-14H2,1H3. The molecule has 1 aromatic carbocycles. The third kappa shape index (κ3) is 3.89. The fraction of sp³-hybridized carbons (Fsp3) is 0.250. The van der Waals surface area contributed by atoms with Crippen LogP contribution in [0.2, 0.25) is 0 Å². The molecule has 5 rings (SSSR count). The van der Waals surface area contributed by atoms with E-state index in [0.29, 0.717) is 37.5 Å². The molecule has 0 spiro atoms. The Morgan fingerprint density at radius 1 is 1.03 bits per heavy atom. The number of hydrogen-bond donors (Lipinski definition) is 1. The number of aryl methyl sites for hydroxylation is 1. The lowest BCUT2D eigenvalue weighted by atomic mass is 10.1. The van der Waals surface area contributed by atoms with Crippen molar-refractivity contribution in [3.63, 3.8) is 0 Å². The first-order valence-electron chi connectivity index (χ1n) is 10.6. The van der Waals surface area contributed by atoms with E-state index in [1.54, 1.807) is 6.20 Å². The van der Waals surface area contributed by atoms with Gasteiger partial charge in [0.15, 0.2) is 0 Å². The maximum Gasteiger partial charge on any atom is 0.265 e. The van der Waals surface area contributed by atoms with Crippen molar-refractivity contribution in [3.05, 3.63) is 71.0 Å². The number of fused-ring (bicyclic) bond motifs is 1. The van der Waals surface area contributed by atoms with Crippen molar-refractivity contribution in [2.24, 2.45) is 0 Å². The monoisotopic (exact) mass is 445 g/mol. The van der Waals surface area contributed by atoms with Gasteiger partial charge in [0.05, 0.1) is 17.8 Å².